The van der Waals surface area contributed by atoms with Crippen molar-refractivity contribution in [2.75, 3.05) is 13.1 Å². The van der Waals surface area contributed by atoms with E-state index in [-0.39, 0.29) is 10.9 Å². The van der Waals surface area contributed by atoms with E-state index in [9.17, 15) is 8.42 Å². The first-order valence-electron chi connectivity index (χ1n) is 8.10. The van der Waals surface area contributed by atoms with E-state index in [4.69, 9.17) is 0 Å². The largest absolute Gasteiger partial charge is 0.315 e. The zero-order chi connectivity index (χ0) is 16.7. The topological polar surface area (TPSA) is 71.1 Å². The molecular formula is C17H25N3O2S. The van der Waals surface area contributed by atoms with Crippen LogP contribution < -0.4 is 10.0 Å². The van der Waals surface area contributed by atoms with Crippen LogP contribution in [0.4, 0.5) is 0 Å². The molecule has 0 aliphatic rings. The summed E-state index contributed by atoms with van der Waals surface area (Å²) in [6.07, 6.45) is 6.88. The Morgan fingerprint density at radius 1 is 1.17 bits per heavy atom. The first kappa shape index (κ1) is 17.8. The van der Waals surface area contributed by atoms with Gasteiger partial charge in [-0.3, -0.25) is 4.98 Å². The third-order valence-electron chi connectivity index (χ3n) is 3.69. The first-order chi connectivity index (χ1) is 11.0. The van der Waals surface area contributed by atoms with Crippen molar-refractivity contribution < 1.29 is 8.42 Å². The molecule has 5 nitrogen and oxygen atoms in total. The average Bonchev–Trinajstić information content (AvgIpc) is 2.53. The molecule has 0 aliphatic carbocycles. The Bertz CT molecular complexity index is 731. The molecule has 0 amide bonds. The van der Waals surface area contributed by atoms with Gasteiger partial charge in [-0.05, 0) is 43.5 Å². The Balaban J connectivity index is 1.96. The summed E-state index contributed by atoms with van der Waals surface area (Å²) in [5.41, 5.74) is 0. The van der Waals surface area contributed by atoms with Gasteiger partial charge in [-0.1, -0.05) is 25.8 Å². The lowest BCUT2D eigenvalue weighted by atomic mass is 10.2. The van der Waals surface area contributed by atoms with Gasteiger partial charge in [0.05, 0.1) is 4.90 Å². The summed E-state index contributed by atoms with van der Waals surface area (Å²) in [4.78, 5) is 4.32. The van der Waals surface area contributed by atoms with E-state index in [1.54, 1.807) is 30.6 Å². The van der Waals surface area contributed by atoms with Crippen LogP contribution in [0.1, 0.15) is 33.1 Å². The molecule has 23 heavy (non-hydrogen) atoms. The van der Waals surface area contributed by atoms with Crippen LogP contribution in [0, 0.1) is 0 Å². The Kier molecular flexibility index (Phi) is 6.50. The molecule has 0 radical (unpaired) electrons. The molecule has 1 aromatic carbocycles. The number of hydrogen-bond donors (Lipinski definition) is 2. The Hall–Kier alpha value is -1.50. The van der Waals surface area contributed by atoms with Gasteiger partial charge < -0.3 is 5.32 Å². The lowest BCUT2D eigenvalue weighted by molar-refractivity contribution is 0.528. The molecular weight excluding hydrogens is 310 g/mol. The van der Waals surface area contributed by atoms with Crippen LogP contribution in [0.25, 0.3) is 10.8 Å². The molecule has 0 aliphatic heterocycles. The molecule has 0 spiro atoms. The number of nitrogens with zero attached hydrogens (tertiary/aromatic N) is 1. The highest BCUT2D eigenvalue weighted by atomic mass is 32.2. The molecule has 0 fully saturated rings. The number of benzene rings is 1. The zero-order valence-electron chi connectivity index (χ0n) is 13.7. The standard InChI is InChI=1S/C17H25N3O2S/c1-3-4-5-9-18-12-14(2)20-23(21,22)17-7-6-16-13-19-10-8-15(16)11-17/h6-8,10-11,13-14,18,20H,3-5,9,12H2,1-2H3. The number of sulfonamides is 1. The van der Waals surface area contributed by atoms with E-state index < -0.39 is 10.0 Å². The van der Waals surface area contributed by atoms with Gasteiger partial charge in [0, 0.05) is 30.4 Å². The molecule has 0 saturated heterocycles. The van der Waals surface area contributed by atoms with Crippen molar-refractivity contribution in [1.29, 1.82) is 0 Å². The Morgan fingerprint density at radius 2 is 2.00 bits per heavy atom. The molecule has 1 heterocycles. The summed E-state index contributed by atoms with van der Waals surface area (Å²) in [6, 6.07) is 6.74. The summed E-state index contributed by atoms with van der Waals surface area (Å²) in [5.74, 6) is 0. The maximum absolute atomic E-state index is 12.5. The quantitative estimate of drug-likeness (QED) is 0.691. The van der Waals surface area contributed by atoms with Gasteiger partial charge in [0.2, 0.25) is 10.0 Å². The van der Waals surface area contributed by atoms with E-state index in [2.05, 4.69) is 21.9 Å². The fraction of sp³-hybridized carbons (Fsp3) is 0.471. The third kappa shape index (κ3) is 5.27. The zero-order valence-corrected chi connectivity index (χ0v) is 14.6. The average molecular weight is 335 g/mol. The number of unbranched alkanes of at least 4 members (excludes halogenated alkanes) is 2. The minimum Gasteiger partial charge on any atom is -0.315 e. The molecule has 2 aromatic rings. The summed E-state index contributed by atoms with van der Waals surface area (Å²) < 4.78 is 27.7. The summed E-state index contributed by atoms with van der Waals surface area (Å²) in [7, 11) is -3.51. The van der Waals surface area contributed by atoms with Gasteiger partial charge in [0.15, 0.2) is 0 Å². The van der Waals surface area contributed by atoms with Gasteiger partial charge in [0.25, 0.3) is 0 Å². The molecule has 0 saturated carbocycles. The molecule has 1 unspecified atom stereocenters. The van der Waals surface area contributed by atoms with Crippen LogP contribution >= 0.6 is 0 Å². The van der Waals surface area contributed by atoms with Gasteiger partial charge in [-0.25, -0.2) is 13.1 Å². The second kappa shape index (κ2) is 8.38. The van der Waals surface area contributed by atoms with Crippen LogP contribution in [0.3, 0.4) is 0 Å². The molecule has 2 rings (SSSR count). The number of pyridine rings is 1. The van der Waals surface area contributed by atoms with Crippen molar-refractivity contribution in [3.63, 3.8) is 0 Å². The predicted octanol–water partition coefficient (Wildman–Crippen LogP) is 2.68. The minimum atomic E-state index is -3.51. The summed E-state index contributed by atoms with van der Waals surface area (Å²) in [6.45, 7) is 5.58. The van der Waals surface area contributed by atoms with Crippen LogP contribution in [0.2, 0.25) is 0 Å². The highest BCUT2D eigenvalue weighted by molar-refractivity contribution is 7.89. The molecule has 6 heteroatoms. The summed E-state index contributed by atoms with van der Waals surface area (Å²) in [5, 5.41) is 5.09. The number of rotatable bonds is 9. The molecule has 0 bridgehead atoms. The van der Waals surface area contributed by atoms with Gasteiger partial charge >= 0.3 is 0 Å². The van der Waals surface area contributed by atoms with Crippen LogP contribution in [0.15, 0.2) is 41.6 Å². The number of aromatic nitrogens is 1. The SMILES string of the molecule is CCCCCNCC(C)NS(=O)(=O)c1ccc2cnccc2c1. The normalized spacial score (nSPS) is 13.3. The molecule has 2 N–H and O–H groups in total. The van der Waals surface area contributed by atoms with Gasteiger partial charge in [-0.15, -0.1) is 0 Å². The second-order valence-corrected chi connectivity index (χ2v) is 7.53. The fourth-order valence-corrected chi connectivity index (χ4v) is 3.70. The van der Waals surface area contributed by atoms with Crippen molar-refractivity contribution in [2.45, 2.75) is 44.0 Å². The highest BCUT2D eigenvalue weighted by Crippen LogP contribution is 2.18. The number of hydrogen-bond acceptors (Lipinski definition) is 4. The molecule has 1 aromatic heterocycles. The number of fused-ring (bicyclic) bond motifs is 1. The molecule has 126 valence electrons. The predicted molar refractivity (Wildman–Crippen MR) is 93.9 cm³/mol. The van der Waals surface area contributed by atoms with Gasteiger partial charge in [0.1, 0.15) is 0 Å². The lowest BCUT2D eigenvalue weighted by Gasteiger charge is -2.15. The second-order valence-electron chi connectivity index (χ2n) is 5.82. The van der Waals surface area contributed by atoms with Crippen LogP contribution in [0.5, 0.6) is 0 Å². The van der Waals surface area contributed by atoms with Crippen molar-refractivity contribution in [2.24, 2.45) is 0 Å². The highest BCUT2D eigenvalue weighted by Gasteiger charge is 2.17. The van der Waals surface area contributed by atoms with Crippen molar-refractivity contribution >= 4 is 20.8 Å². The van der Waals surface area contributed by atoms with E-state index in [0.717, 1.165) is 23.7 Å². The first-order valence-corrected chi connectivity index (χ1v) is 9.58. The maximum atomic E-state index is 12.5. The van der Waals surface area contributed by atoms with Crippen LogP contribution in [-0.2, 0) is 10.0 Å². The lowest BCUT2D eigenvalue weighted by Crippen LogP contribution is -2.40. The number of nitrogens with one attached hydrogen (secondary N) is 2. The smallest absolute Gasteiger partial charge is 0.240 e. The van der Waals surface area contributed by atoms with E-state index in [1.165, 1.54) is 12.8 Å². The summed E-state index contributed by atoms with van der Waals surface area (Å²) >= 11 is 0. The van der Waals surface area contributed by atoms with Gasteiger partial charge in [-0.2, -0.15) is 0 Å². The minimum absolute atomic E-state index is 0.158. The van der Waals surface area contributed by atoms with Crippen LogP contribution in [-0.4, -0.2) is 32.5 Å². The third-order valence-corrected chi connectivity index (χ3v) is 5.27. The Labute approximate surface area is 138 Å². The fourth-order valence-electron chi connectivity index (χ4n) is 2.42. The maximum Gasteiger partial charge on any atom is 0.240 e. The van der Waals surface area contributed by atoms with E-state index in [1.807, 2.05) is 13.0 Å². The monoisotopic (exact) mass is 335 g/mol. The van der Waals surface area contributed by atoms with Crippen molar-refractivity contribution in [1.82, 2.24) is 15.0 Å². The van der Waals surface area contributed by atoms with E-state index in [0.29, 0.717) is 6.54 Å². The van der Waals surface area contributed by atoms with Crippen molar-refractivity contribution in [3.05, 3.63) is 36.7 Å². The Morgan fingerprint density at radius 3 is 2.78 bits per heavy atom. The molecule has 1 atom stereocenters. The van der Waals surface area contributed by atoms with E-state index >= 15 is 0 Å². The van der Waals surface area contributed by atoms with Crippen molar-refractivity contribution in [3.8, 4) is 0 Å².